The third kappa shape index (κ3) is 2.15. The maximum Gasteiger partial charge on any atom is 0.191 e. The lowest BCUT2D eigenvalue weighted by molar-refractivity contribution is 0.561. The van der Waals surface area contributed by atoms with E-state index in [1.54, 1.807) is 16.0 Å². The van der Waals surface area contributed by atoms with E-state index in [2.05, 4.69) is 17.0 Å². The van der Waals surface area contributed by atoms with E-state index in [0.29, 0.717) is 0 Å². The highest BCUT2D eigenvalue weighted by Crippen LogP contribution is 2.23. The predicted octanol–water partition coefficient (Wildman–Crippen LogP) is 2.34. The number of rotatable bonds is 4. The summed E-state index contributed by atoms with van der Waals surface area (Å²) in [6, 6.07) is 4.01. The molecule has 2 rings (SSSR count). The van der Waals surface area contributed by atoms with Crippen molar-refractivity contribution in [2.24, 2.45) is 12.8 Å². The summed E-state index contributed by atoms with van der Waals surface area (Å²) in [5.74, 6) is 1.64. The van der Waals surface area contributed by atoms with Crippen LogP contribution in [-0.4, -0.2) is 14.8 Å². The fourth-order valence-corrected chi connectivity index (χ4v) is 2.32. The van der Waals surface area contributed by atoms with E-state index in [-0.39, 0.29) is 6.04 Å². The fraction of sp³-hybridized carbons (Fsp3) is 0.455. The average Bonchev–Trinajstić information content (AvgIpc) is 2.86. The first-order valence-electron chi connectivity index (χ1n) is 5.42. The molecular weight excluding hydrogens is 220 g/mol. The van der Waals surface area contributed by atoms with Gasteiger partial charge < -0.3 is 5.73 Å². The van der Waals surface area contributed by atoms with Gasteiger partial charge in [-0.2, -0.15) is 5.10 Å². The molecule has 0 amide bonds. The molecule has 5 heteroatoms. The SMILES string of the molecule is CCCC(N)c1nc(-c2cccs2)nn1C. The van der Waals surface area contributed by atoms with Gasteiger partial charge in [0.25, 0.3) is 0 Å². The zero-order valence-corrected chi connectivity index (χ0v) is 10.4. The first-order valence-corrected chi connectivity index (χ1v) is 6.30. The minimum absolute atomic E-state index is 0.0174. The van der Waals surface area contributed by atoms with Crippen LogP contribution in [0.15, 0.2) is 17.5 Å². The van der Waals surface area contributed by atoms with Crippen molar-refractivity contribution in [3.63, 3.8) is 0 Å². The van der Waals surface area contributed by atoms with E-state index in [1.165, 1.54) is 0 Å². The highest BCUT2D eigenvalue weighted by Gasteiger charge is 2.15. The van der Waals surface area contributed by atoms with E-state index in [1.807, 2.05) is 24.6 Å². The Kier molecular flexibility index (Phi) is 3.36. The lowest BCUT2D eigenvalue weighted by Crippen LogP contribution is -2.15. The first-order chi connectivity index (χ1) is 7.72. The first kappa shape index (κ1) is 11.3. The van der Waals surface area contributed by atoms with Gasteiger partial charge in [-0.05, 0) is 17.9 Å². The van der Waals surface area contributed by atoms with Crippen LogP contribution in [0.2, 0.25) is 0 Å². The molecule has 1 atom stereocenters. The van der Waals surface area contributed by atoms with Crippen molar-refractivity contribution < 1.29 is 0 Å². The van der Waals surface area contributed by atoms with E-state index in [0.717, 1.165) is 29.4 Å². The van der Waals surface area contributed by atoms with Gasteiger partial charge in [0.05, 0.1) is 10.9 Å². The number of hydrogen-bond acceptors (Lipinski definition) is 4. The molecule has 4 nitrogen and oxygen atoms in total. The quantitative estimate of drug-likeness (QED) is 0.886. The molecular formula is C11H16N4S. The van der Waals surface area contributed by atoms with Gasteiger partial charge in [-0.1, -0.05) is 19.4 Å². The Balaban J connectivity index is 2.28. The predicted molar refractivity (Wildman–Crippen MR) is 66.2 cm³/mol. The molecule has 0 bridgehead atoms. The van der Waals surface area contributed by atoms with Crippen LogP contribution >= 0.6 is 11.3 Å². The van der Waals surface area contributed by atoms with Gasteiger partial charge in [0.15, 0.2) is 5.82 Å². The van der Waals surface area contributed by atoms with Crippen LogP contribution in [0.4, 0.5) is 0 Å². The third-order valence-corrected chi connectivity index (χ3v) is 3.34. The second-order valence-electron chi connectivity index (χ2n) is 3.79. The molecule has 0 fully saturated rings. The summed E-state index contributed by atoms with van der Waals surface area (Å²) in [7, 11) is 1.90. The van der Waals surface area contributed by atoms with E-state index in [4.69, 9.17) is 5.73 Å². The summed E-state index contributed by atoms with van der Waals surface area (Å²) >= 11 is 1.64. The largest absolute Gasteiger partial charge is 0.321 e. The molecule has 0 aliphatic carbocycles. The summed E-state index contributed by atoms with van der Waals surface area (Å²) in [4.78, 5) is 5.60. The lowest BCUT2D eigenvalue weighted by atomic mass is 10.2. The smallest absolute Gasteiger partial charge is 0.191 e. The number of nitrogens with zero attached hydrogens (tertiary/aromatic N) is 3. The maximum absolute atomic E-state index is 6.05. The van der Waals surface area contributed by atoms with Crippen molar-refractivity contribution in [1.29, 1.82) is 0 Å². The summed E-state index contributed by atoms with van der Waals surface area (Å²) in [5, 5.41) is 6.42. The molecule has 2 heterocycles. The van der Waals surface area contributed by atoms with E-state index < -0.39 is 0 Å². The van der Waals surface area contributed by atoms with Crippen molar-refractivity contribution in [2.75, 3.05) is 0 Å². The zero-order chi connectivity index (χ0) is 11.5. The molecule has 86 valence electrons. The zero-order valence-electron chi connectivity index (χ0n) is 9.55. The van der Waals surface area contributed by atoms with Gasteiger partial charge >= 0.3 is 0 Å². The van der Waals surface area contributed by atoms with Gasteiger partial charge in [0.1, 0.15) is 5.82 Å². The van der Waals surface area contributed by atoms with Gasteiger partial charge in [-0.15, -0.1) is 11.3 Å². The highest BCUT2D eigenvalue weighted by molar-refractivity contribution is 7.13. The number of nitrogens with two attached hydrogens (primary N) is 1. The van der Waals surface area contributed by atoms with E-state index in [9.17, 15) is 0 Å². The van der Waals surface area contributed by atoms with Crippen molar-refractivity contribution in [3.8, 4) is 10.7 Å². The topological polar surface area (TPSA) is 56.7 Å². The molecule has 0 aliphatic rings. The van der Waals surface area contributed by atoms with Gasteiger partial charge in [-0.3, -0.25) is 4.68 Å². The molecule has 0 radical (unpaired) electrons. The van der Waals surface area contributed by atoms with Crippen LogP contribution in [-0.2, 0) is 7.05 Å². The summed E-state index contributed by atoms with van der Waals surface area (Å²) in [6.07, 6.45) is 2.00. The molecule has 16 heavy (non-hydrogen) atoms. The molecule has 0 saturated heterocycles. The normalized spacial score (nSPS) is 12.9. The summed E-state index contributed by atoms with van der Waals surface area (Å²) in [6.45, 7) is 2.12. The number of hydrogen-bond donors (Lipinski definition) is 1. The van der Waals surface area contributed by atoms with Crippen LogP contribution < -0.4 is 5.73 Å². The molecule has 0 aromatic carbocycles. The number of aromatic nitrogens is 3. The van der Waals surface area contributed by atoms with Crippen molar-refractivity contribution in [2.45, 2.75) is 25.8 Å². The average molecular weight is 236 g/mol. The standard InChI is InChI=1S/C11H16N4S/c1-3-5-8(12)11-13-10(14-15(11)2)9-6-4-7-16-9/h4,6-8H,3,5,12H2,1-2H3. The van der Waals surface area contributed by atoms with Gasteiger partial charge in [0.2, 0.25) is 0 Å². The molecule has 2 N–H and O–H groups in total. The Morgan fingerprint density at radius 2 is 2.38 bits per heavy atom. The molecule has 0 saturated carbocycles. The summed E-state index contributed by atoms with van der Waals surface area (Å²) < 4.78 is 1.79. The van der Waals surface area contributed by atoms with Crippen LogP contribution in [0.5, 0.6) is 0 Å². The lowest BCUT2D eigenvalue weighted by Gasteiger charge is -2.07. The Morgan fingerprint density at radius 1 is 1.56 bits per heavy atom. The van der Waals surface area contributed by atoms with Crippen molar-refractivity contribution in [1.82, 2.24) is 14.8 Å². The van der Waals surface area contributed by atoms with Crippen LogP contribution in [0.25, 0.3) is 10.7 Å². The van der Waals surface area contributed by atoms with Crippen molar-refractivity contribution >= 4 is 11.3 Å². The Hall–Kier alpha value is -1.20. The molecule has 2 aromatic heterocycles. The molecule has 1 unspecified atom stereocenters. The minimum Gasteiger partial charge on any atom is -0.321 e. The fourth-order valence-electron chi connectivity index (χ4n) is 1.67. The Bertz CT molecular complexity index is 447. The Labute approximate surface area is 99.1 Å². The molecule has 0 spiro atoms. The highest BCUT2D eigenvalue weighted by atomic mass is 32.1. The Morgan fingerprint density at radius 3 is 3.00 bits per heavy atom. The van der Waals surface area contributed by atoms with Crippen LogP contribution in [0, 0.1) is 0 Å². The second-order valence-corrected chi connectivity index (χ2v) is 4.74. The van der Waals surface area contributed by atoms with Crippen LogP contribution in [0.3, 0.4) is 0 Å². The second kappa shape index (κ2) is 4.76. The molecule has 0 aliphatic heterocycles. The van der Waals surface area contributed by atoms with Gasteiger partial charge in [0, 0.05) is 7.05 Å². The minimum atomic E-state index is -0.0174. The number of thiophene rings is 1. The molecule has 2 aromatic rings. The monoisotopic (exact) mass is 236 g/mol. The third-order valence-electron chi connectivity index (χ3n) is 2.47. The van der Waals surface area contributed by atoms with Crippen LogP contribution in [0.1, 0.15) is 31.6 Å². The van der Waals surface area contributed by atoms with E-state index >= 15 is 0 Å². The maximum atomic E-state index is 6.05. The number of aryl methyl sites for hydroxylation is 1. The summed E-state index contributed by atoms with van der Waals surface area (Å²) in [5.41, 5.74) is 6.05. The van der Waals surface area contributed by atoms with Gasteiger partial charge in [-0.25, -0.2) is 4.98 Å². The van der Waals surface area contributed by atoms with Crippen molar-refractivity contribution in [3.05, 3.63) is 23.3 Å².